The largest absolute Gasteiger partial charge is 0.355 e. The standard InChI is InChI=1S/C16H27N3OS.HI/c1-16(2,3)21(20)12-11-17-15(19(4)5)18-13-14-9-7-6-8-10-14;/h6-10H,11-13H2,1-5H3,(H,17,18);1H. The second-order valence-electron chi connectivity index (χ2n) is 6.11. The van der Waals surface area contributed by atoms with Crippen LogP contribution in [0.15, 0.2) is 35.3 Å². The van der Waals surface area contributed by atoms with E-state index in [1.807, 2.05) is 58.0 Å². The lowest BCUT2D eigenvalue weighted by Crippen LogP contribution is -2.39. The molecule has 0 aromatic heterocycles. The van der Waals surface area contributed by atoms with Gasteiger partial charge in [0, 0.05) is 41.9 Å². The Morgan fingerprint density at radius 1 is 1.23 bits per heavy atom. The SMILES string of the molecule is CN(C)C(=NCc1ccccc1)NCCS(=O)C(C)(C)C.I. The highest BCUT2D eigenvalue weighted by molar-refractivity contribution is 14.0. The minimum Gasteiger partial charge on any atom is -0.355 e. The van der Waals surface area contributed by atoms with Gasteiger partial charge in [0.25, 0.3) is 0 Å². The van der Waals surface area contributed by atoms with Gasteiger partial charge in [0.1, 0.15) is 0 Å². The number of hydrogen-bond acceptors (Lipinski definition) is 2. The molecule has 1 atom stereocenters. The van der Waals surface area contributed by atoms with Crippen molar-refractivity contribution in [2.75, 3.05) is 26.4 Å². The molecule has 0 saturated carbocycles. The molecule has 0 spiro atoms. The Balaban J connectivity index is 0.00000441. The van der Waals surface area contributed by atoms with E-state index < -0.39 is 10.8 Å². The van der Waals surface area contributed by atoms with Crippen molar-refractivity contribution < 1.29 is 4.21 Å². The zero-order valence-electron chi connectivity index (χ0n) is 14.1. The molecule has 1 aromatic rings. The van der Waals surface area contributed by atoms with Crippen LogP contribution in [0.2, 0.25) is 0 Å². The highest BCUT2D eigenvalue weighted by Gasteiger charge is 2.18. The van der Waals surface area contributed by atoms with Crippen LogP contribution in [0, 0.1) is 0 Å². The van der Waals surface area contributed by atoms with Gasteiger partial charge in [0.15, 0.2) is 5.96 Å². The van der Waals surface area contributed by atoms with Crippen LogP contribution < -0.4 is 5.32 Å². The molecule has 6 heteroatoms. The monoisotopic (exact) mass is 437 g/mol. The number of nitrogens with zero attached hydrogens (tertiary/aromatic N) is 2. The number of halogens is 1. The molecule has 0 heterocycles. The third-order valence-corrected chi connectivity index (χ3v) is 4.87. The van der Waals surface area contributed by atoms with Gasteiger partial charge in [0.05, 0.1) is 6.54 Å². The molecule has 4 nitrogen and oxygen atoms in total. The lowest BCUT2D eigenvalue weighted by atomic mass is 10.2. The van der Waals surface area contributed by atoms with Crippen molar-refractivity contribution in [2.24, 2.45) is 4.99 Å². The fourth-order valence-electron chi connectivity index (χ4n) is 1.67. The molecule has 0 amide bonds. The van der Waals surface area contributed by atoms with Crippen molar-refractivity contribution >= 4 is 40.7 Å². The van der Waals surface area contributed by atoms with E-state index in [2.05, 4.69) is 22.4 Å². The van der Waals surface area contributed by atoms with Gasteiger partial charge in [-0.2, -0.15) is 0 Å². The van der Waals surface area contributed by atoms with E-state index in [1.165, 1.54) is 5.56 Å². The second kappa shape index (κ2) is 10.2. The van der Waals surface area contributed by atoms with E-state index in [1.54, 1.807) is 0 Å². The van der Waals surface area contributed by atoms with E-state index in [0.717, 1.165) is 5.96 Å². The summed E-state index contributed by atoms with van der Waals surface area (Å²) in [5.74, 6) is 1.45. The average molecular weight is 437 g/mol. The summed E-state index contributed by atoms with van der Waals surface area (Å²) in [5.41, 5.74) is 1.18. The summed E-state index contributed by atoms with van der Waals surface area (Å²) >= 11 is 0. The van der Waals surface area contributed by atoms with Crippen LogP contribution in [-0.4, -0.2) is 46.2 Å². The maximum atomic E-state index is 12.0. The van der Waals surface area contributed by atoms with Crippen LogP contribution >= 0.6 is 24.0 Å². The summed E-state index contributed by atoms with van der Waals surface area (Å²) in [5, 5.41) is 3.28. The van der Waals surface area contributed by atoms with Gasteiger partial charge >= 0.3 is 0 Å². The van der Waals surface area contributed by atoms with Crippen molar-refractivity contribution in [3.8, 4) is 0 Å². The van der Waals surface area contributed by atoms with Crippen LogP contribution in [0.3, 0.4) is 0 Å². The summed E-state index contributed by atoms with van der Waals surface area (Å²) in [7, 11) is 3.07. The molecule has 0 aliphatic rings. The summed E-state index contributed by atoms with van der Waals surface area (Å²) < 4.78 is 11.8. The zero-order chi connectivity index (χ0) is 15.9. The van der Waals surface area contributed by atoms with Crippen molar-refractivity contribution in [2.45, 2.75) is 32.1 Å². The Morgan fingerprint density at radius 2 is 1.82 bits per heavy atom. The van der Waals surface area contributed by atoms with Gasteiger partial charge in [-0.1, -0.05) is 30.3 Å². The summed E-state index contributed by atoms with van der Waals surface area (Å²) in [6, 6.07) is 10.1. The molecule has 0 aliphatic carbocycles. The van der Waals surface area contributed by atoms with E-state index in [-0.39, 0.29) is 28.7 Å². The smallest absolute Gasteiger partial charge is 0.193 e. The first-order valence-corrected chi connectivity index (χ1v) is 8.50. The van der Waals surface area contributed by atoms with Gasteiger partial charge in [-0.15, -0.1) is 24.0 Å². The topological polar surface area (TPSA) is 44.7 Å². The van der Waals surface area contributed by atoms with Gasteiger partial charge in [-0.25, -0.2) is 4.99 Å². The lowest BCUT2D eigenvalue weighted by Gasteiger charge is -2.20. The molecule has 0 aliphatic heterocycles. The molecule has 1 N–H and O–H groups in total. The maximum Gasteiger partial charge on any atom is 0.193 e. The Kier molecular flexibility index (Phi) is 9.91. The third kappa shape index (κ3) is 8.12. The van der Waals surface area contributed by atoms with Crippen LogP contribution in [-0.2, 0) is 17.3 Å². The predicted molar refractivity (Wildman–Crippen MR) is 107 cm³/mol. The first kappa shape index (κ1) is 21.4. The first-order valence-electron chi connectivity index (χ1n) is 7.19. The van der Waals surface area contributed by atoms with Gasteiger partial charge in [-0.3, -0.25) is 4.21 Å². The Hall–Kier alpha value is -0.630. The molecule has 1 rings (SSSR count). The van der Waals surface area contributed by atoms with Crippen molar-refractivity contribution in [1.29, 1.82) is 0 Å². The maximum absolute atomic E-state index is 12.0. The van der Waals surface area contributed by atoms with E-state index in [0.29, 0.717) is 18.8 Å². The molecule has 0 radical (unpaired) electrons. The van der Waals surface area contributed by atoms with Crippen molar-refractivity contribution in [3.05, 3.63) is 35.9 Å². The molecular weight excluding hydrogens is 409 g/mol. The number of aliphatic imine (C=N–C) groups is 1. The summed E-state index contributed by atoms with van der Waals surface area (Å²) in [4.78, 5) is 6.53. The van der Waals surface area contributed by atoms with Crippen LogP contribution in [0.25, 0.3) is 0 Å². The first-order chi connectivity index (χ1) is 9.80. The number of benzene rings is 1. The molecular formula is C16H28IN3OS. The van der Waals surface area contributed by atoms with Crippen LogP contribution in [0.5, 0.6) is 0 Å². The highest BCUT2D eigenvalue weighted by atomic mass is 127. The number of guanidine groups is 1. The third-order valence-electron chi connectivity index (χ3n) is 2.93. The van der Waals surface area contributed by atoms with Crippen molar-refractivity contribution in [3.63, 3.8) is 0 Å². The Labute approximate surface area is 154 Å². The Bertz CT molecular complexity index is 484. The van der Waals surface area contributed by atoms with Crippen LogP contribution in [0.4, 0.5) is 0 Å². The van der Waals surface area contributed by atoms with E-state index in [9.17, 15) is 4.21 Å². The zero-order valence-corrected chi connectivity index (χ0v) is 17.3. The summed E-state index contributed by atoms with van der Waals surface area (Å²) in [6.45, 7) is 7.30. The highest BCUT2D eigenvalue weighted by Crippen LogP contribution is 2.10. The fraction of sp³-hybridized carbons (Fsp3) is 0.562. The molecule has 0 bridgehead atoms. The molecule has 0 fully saturated rings. The molecule has 1 aromatic carbocycles. The second-order valence-corrected chi connectivity index (χ2v) is 8.43. The molecule has 1 unspecified atom stereocenters. The number of rotatable bonds is 5. The molecule has 0 saturated heterocycles. The number of hydrogen-bond donors (Lipinski definition) is 1. The lowest BCUT2D eigenvalue weighted by molar-refractivity contribution is 0.582. The summed E-state index contributed by atoms with van der Waals surface area (Å²) in [6.07, 6.45) is 0. The molecule has 126 valence electrons. The van der Waals surface area contributed by atoms with Gasteiger partial charge in [-0.05, 0) is 26.3 Å². The van der Waals surface area contributed by atoms with Gasteiger partial charge < -0.3 is 10.2 Å². The average Bonchev–Trinajstić information content (AvgIpc) is 2.42. The molecule has 22 heavy (non-hydrogen) atoms. The van der Waals surface area contributed by atoms with Crippen LogP contribution in [0.1, 0.15) is 26.3 Å². The normalized spacial score (nSPS) is 13.2. The Morgan fingerprint density at radius 3 is 2.32 bits per heavy atom. The minimum atomic E-state index is -0.843. The fourth-order valence-corrected chi connectivity index (χ4v) is 2.57. The predicted octanol–water partition coefficient (Wildman–Crippen LogP) is 2.86. The van der Waals surface area contributed by atoms with Crippen molar-refractivity contribution in [1.82, 2.24) is 10.2 Å². The minimum absolute atomic E-state index is 0. The van der Waals surface area contributed by atoms with E-state index in [4.69, 9.17) is 0 Å². The van der Waals surface area contributed by atoms with E-state index >= 15 is 0 Å². The number of nitrogens with one attached hydrogen (secondary N) is 1. The quantitative estimate of drug-likeness (QED) is 0.438. The van der Waals surface area contributed by atoms with Gasteiger partial charge in [0.2, 0.25) is 0 Å².